The van der Waals surface area contributed by atoms with Gasteiger partial charge >= 0.3 is 6.03 Å². The van der Waals surface area contributed by atoms with E-state index in [1.807, 2.05) is 24.3 Å². The molecule has 2 aromatic rings. The highest BCUT2D eigenvalue weighted by molar-refractivity contribution is 5.90. The summed E-state index contributed by atoms with van der Waals surface area (Å²) in [6, 6.07) is 11.2. The number of methoxy groups -OCH3 is 4. The molecule has 1 heterocycles. The third-order valence-corrected chi connectivity index (χ3v) is 4.90. The number of benzene rings is 2. The second-order valence-corrected chi connectivity index (χ2v) is 6.52. The molecule has 0 aromatic heterocycles. The standard InChI is InChI=1S/C21H27N3O5/c1-26-17-7-5-6-16(14-17)23-8-10-24(11-9-23)21(25)22-15-12-18(27-2)20(29-4)19(13-15)28-3/h5-7,12-14H,8-11H2,1-4H3,(H,22,25). The van der Waals surface area contributed by atoms with Crippen LogP contribution in [0.3, 0.4) is 0 Å². The topological polar surface area (TPSA) is 72.5 Å². The number of nitrogens with zero attached hydrogens (tertiary/aromatic N) is 2. The average Bonchev–Trinajstić information content (AvgIpc) is 2.78. The number of amides is 2. The fourth-order valence-corrected chi connectivity index (χ4v) is 3.33. The molecule has 0 unspecified atom stereocenters. The van der Waals surface area contributed by atoms with Gasteiger partial charge in [-0.05, 0) is 12.1 Å². The summed E-state index contributed by atoms with van der Waals surface area (Å²) >= 11 is 0. The number of ether oxygens (including phenoxy) is 4. The quantitative estimate of drug-likeness (QED) is 0.802. The maximum absolute atomic E-state index is 12.7. The monoisotopic (exact) mass is 401 g/mol. The lowest BCUT2D eigenvalue weighted by Gasteiger charge is -2.36. The lowest BCUT2D eigenvalue weighted by molar-refractivity contribution is 0.208. The molecule has 0 spiro atoms. The summed E-state index contributed by atoms with van der Waals surface area (Å²) in [4.78, 5) is 16.8. The predicted octanol–water partition coefficient (Wildman–Crippen LogP) is 3.08. The molecule has 2 amide bonds. The van der Waals surface area contributed by atoms with Crippen LogP contribution in [-0.2, 0) is 0 Å². The second kappa shape index (κ2) is 9.27. The first-order valence-corrected chi connectivity index (χ1v) is 9.34. The van der Waals surface area contributed by atoms with E-state index < -0.39 is 0 Å². The Balaban J connectivity index is 1.64. The minimum Gasteiger partial charge on any atom is -0.497 e. The fourth-order valence-electron chi connectivity index (χ4n) is 3.33. The number of urea groups is 1. The second-order valence-electron chi connectivity index (χ2n) is 6.52. The number of carbonyl (C=O) groups is 1. The van der Waals surface area contributed by atoms with Gasteiger partial charge in [0.05, 0.1) is 34.1 Å². The van der Waals surface area contributed by atoms with E-state index >= 15 is 0 Å². The maximum Gasteiger partial charge on any atom is 0.321 e. The predicted molar refractivity (Wildman–Crippen MR) is 112 cm³/mol. The van der Waals surface area contributed by atoms with E-state index in [4.69, 9.17) is 18.9 Å². The molecule has 0 aliphatic carbocycles. The number of rotatable bonds is 6. The van der Waals surface area contributed by atoms with Crippen molar-refractivity contribution in [2.75, 3.05) is 64.8 Å². The summed E-state index contributed by atoms with van der Waals surface area (Å²) in [7, 11) is 6.28. The molecule has 0 atom stereocenters. The Hall–Kier alpha value is -3.29. The van der Waals surface area contributed by atoms with Gasteiger partial charge in [0, 0.05) is 50.1 Å². The van der Waals surface area contributed by atoms with Crippen LogP contribution in [0.4, 0.5) is 16.2 Å². The summed E-state index contributed by atoms with van der Waals surface area (Å²) < 4.78 is 21.3. The van der Waals surface area contributed by atoms with Crippen LogP contribution in [0.15, 0.2) is 36.4 Å². The molecule has 1 fully saturated rings. The highest BCUT2D eigenvalue weighted by Gasteiger charge is 2.22. The zero-order chi connectivity index (χ0) is 20.8. The third kappa shape index (κ3) is 4.59. The van der Waals surface area contributed by atoms with Gasteiger partial charge in [0.2, 0.25) is 5.75 Å². The Morgan fingerprint density at radius 2 is 1.52 bits per heavy atom. The minimum atomic E-state index is -0.162. The Morgan fingerprint density at radius 1 is 0.862 bits per heavy atom. The number of anilines is 2. The Morgan fingerprint density at radius 3 is 2.07 bits per heavy atom. The molecule has 1 aliphatic rings. The SMILES string of the molecule is COc1cccc(N2CCN(C(=O)Nc3cc(OC)c(OC)c(OC)c3)CC2)c1. The molecule has 29 heavy (non-hydrogen) atoms. The van der Waals surface area contributed by atoms with Crippen LogP contribution in [0.2, 0.25) is 0 Å². The van der Waals surface area contributed by atoms with Crippen molar-refractivity contribution in [1.29, 1.82) is 0 Å². The molecular formula is C21H27N3O5. The van der Waals surface area contributed by atoms with E-state index in [1.54, 1.807) is 45.5 Å². The van der Waals surface area contributed by atoms with Crippen LogP contribution in [0, 0.1) is 0 Å². The van der Waals surface area contributed by atoms with Gasteiger partial charge in [0.1, 0.15) is 5.75 Å². The fraction of sp³-hybridized carbons (Fsp3) is 0.381. The summed E-state index contributed by atoms with van der Waals surface area (Å²) in [6.07, 6.45) is 0. The van der Waals surface area contributed by atoms with Gasteiger partial charge in [-0.2, -0.15) is 0 Å². The van der Waals surface area contributed by atoms with Crippen molar-refractivity contribution >= 4 is 17.4 Å². The van der Waals surface area contributed by atoms with Crippen LogP contribution < -0.4 is 29.2 Å². The molecule has 1 N–H and O–H groups in total. The number of carbonyl (C=O) groups excluding carboxylic acids is 1. The molecule has 1 saturated heterocycles. The van der Waals surface area contributed by atoms with E-state index in [2.05, 4.69) is 10.2 Å². The normalized spacial score (nSPS) is 13.7. The maximum atomic E-state index is 12.7. The zero-order valence-electron chi connectivity index (χ0n) is 17.2. The molecule has 8 heteroatoms. The molecule has 0 radical (unpaired) electrons. The molecule has 8 nitrogen and oxygen atoms in total. The lowest BCUT2D eigenvalue weighted by atomic mass is 10.2. The van der Waals surface area contributed by atoms with E-state index in [-0.39, 0.29) is 6.03 Å². The smallest absolute Gasteiger partial charge is 0.321 e. The molecule has 156 valence electrons. The first kappa shape index (κ1) is 20.4. The van der Waals surface area contributed by atoms with Gasteiger partial charge in [-0.3, -0.25) is 0 Å². The molecule has 2 aromatic carbocycles. The highest BCUT2D eigenvalue weighted by atomic mass is 16.5. The largest absolute Gasteiger partial charge is 0.497 e. The van der Waals surface area contributed by atoms with Crippen LogP contribution in [0.25, 0.3) is 0 Å². The molecular weight excluding hydrogens is 374 g/mol. The number of piperazine rings is 1. The number of hydrogen-bond donors (Lipinski definition) is 1. The van der Waals surface area contributed by atoms with Crippen LogP contribution in [-0.4, -0.2) is 65.5 Å². The van der Waals surface area contributed by atoms with Gasteiger partial charge in [-0.15, -0.1) is 0 Å². The van der Waals surface area contributed by atoms with Gasteiger partial charge in [-0.25, -0.2) is 4.79 Å². The van der Waals surface area contributed by atoms with Crippen LogP contribution in [0.1, 0.15) is 0 Å². The molecule has 3 rings (SSSR count). The summed E-state index contributed by atoms with van der Waals surface area (Å²) in [5.74, 6) is 2.29. The zero-order valence-corrected chi connectivity index (χ0v) is 17.2. The Labute approximate surface area is 170 Å². The van der Waals surface area contributed by atoms with Gasteiger partial charge in [-0.1, -0.05) is 6.07 Å². The molecule has 0 saturated carbocycles. The van der Waals surface area contributed by atoms with E-state index in [0.717, 1.165) is 24.5 Å². The third-order valence-electron chi connectivity index (χ3n) is 4.90. The highest BCUT2D eigenvalue weighted by Crippen LogP contribution is 2.40. The van der Waals surface area contributed by atoms with Crippen molar-refractivity contribution < 1.29 is 23.7 Å². The first-order valence-electron chi connectivity index (χ1n) is 9.34. The van der Waals surface area contributed by atoms with Crippen molar-refractivity contribution in [1.82, 2.24) is 4.90 Å². The number of nitrogens with one attached hydrogen (secondary N) is 1. The lowest BCUT2D eigenvalue weighted by Crippen LogP contribution is -2.50. The van der Waals surface area contributed by atoms with Gasteiger partial charge in [0.15, 0.2) is 11.5 Å². The summed E-state index contributed by atoms with van der Waals surface area (Å²) in [5.41, 5.74) is 1.67. The van der Waals surface area contributed by atoms with Gasteiger partial charge < -0.3 is 34.1 Å². The van der Waals surface area contributed by atoms with Crippen molar-refractivity contribution in [3.05, 3.63) is 36.4 Å². The van der Waals surface area contributed by atoms with Crippen molar-refractivity contribution in [2.24, 2.45) is 0 Å². The average molecular weight is 401 g/mol. The summed E-state index contributed by atoms with van der Waals surface area (Å²) in [6.45, 7) is 2.73. The molecule has 0 bridgehead atoms. The van der Waals surface area contributed by atoms with Crippen molar-refractivity contribution in [2.45, 2.75) is 0 Å². The summed E-state index contributed by atoms with van der Waals surface area (Å²) in [5, 5.41) is 2.92. The first-order chi connectivity index (χ1) is 14.1. The molecule has 1 aliphatic heterocycles. The minimum absolute atomic E-state index is 0.162. The van der Waals surface area contributed by atoms with E-state index in [9.17, 15) is 4.79 Å². The Kier molecular flexibility index (Phi) is 6.54. The van der Waals surface area contributed by atoms with E-state index in [1.165, 1.54) is 0 Å². The Bertz CT molecular complexity index is 825. The van der Waals surface area contributed by atoms with Crippen LogP contribution >= 0.6 is 0 Å². The van der Waals surface area contributed by atoms with E-state index in [0.29, 0.717) is 36.0 Å². The number of hydrogen-bond acceptors (Lipinski definition) is 6. The van der Waals surface area contributed by atoms with Crippen molar-refractivity contribution in [3.8, 4) is 23.0 Å². The van der Waals surface area contributed by atoms with Gasteiger partial charge in [0.25, 0.3) is 0 Å². The van der Waals surface area contributed by atoms with Crippen LogP contribution in [0.5, 0.6) is 23.0 Å². The van der Waals surface area contributed by atoms with Crippen molar-refractivity contribution in [3.63, 3.8) is 0 Å².